The van der Waals surface area contributed by atoms with Gasteiger partial charge in [0.25, 0.3) is 5.91 Å². The summed E-state index contributed by atoms with van der Waals surface area (Å²) in [6.07, 6.45) is 3.12. The van der Waals surface area contributed by atoms with Crippen molar-refractivity contribution in [3.63, 3.8) is 0 Å². The molecule has 3 aliphatic rings. The van der Waals surface area contributed by atoms with Crippen LogP contribution in [0, 0.1) is 37.5 Å². The fourth-order valence-corrected chi connectivity index (χ4v) is 5.60. The highest BCUT2D eigenvalue weighted by Gasteiger charge is 2.61. The lowest BCUT2D eigenvalue weighted by Gasteiger charge is -2.19. The summed E-state index contributed by atoms with van der Waals surface area (Å²) in [5.74, 6) is -0.0378. The van der Waals surface area contributed by atoms with Crippen molar-refractivity contribution in [2.75, 3.05) is 10.2 Å². The van der Waals surface area contributed by atoms with Crippen LogP contribution in [0.15, 0.2) is 42.5 Å². The second-order valence-corrected chi connectivity index (χ2v) is 8.72. The van der Waals surface area contributed by atoms with Gasteiger partial charge in [0, 0.05) is 11.3 Å². The van der Waals surface area contributed by atoms with E-state index in [2.05, 4.69) is 5.32 Å². The number of carbonyl (C=O) groups is 3. The number of aryl methyl sites for hydroxylation is 2. The lowest BCUT2D eigenvalue weighted by molar-refractivity contribution is -0.123. The van der Waals surface area contributed by atoms with Gasteiger partial charge in [-0.15, -0.1) is 0 Å². The molecular formula is C24H24N2O3. The fourth-order valence-electron chi connectivity index (χ4n) is 5.60. The number of fused-ring (bicyclic) bond motifs is 5. The predicted molar refractivity (Wildman–Crippen MR) is 111 cm³/mol. The van der Waals surface area contributed by atoms with E-state index in [1.165, 1.54) is 4.90 Å². The molecule has 148 valence electrons. The van der Waals surface area contributed by atoms with Gasteiger partial charge in [-0.1, -0.05) is 23.8 Å². The predicted octanol–water partition coefficient (Wildman–Crippen LogP) is 4.09. The maximum absolute atomic E-state index is 13.0. The van der Waals surface area contributed by atoms with E-state index in [9.17, 15) is 14.4 Å². The lowest BCUT2D eigenvalue weighted by Crippen LogP contribution is -2.33. The molecule has 1 N–H and O–H groups in total. The lowest BCUT2D eigenvalue weighted by atomic mass is 9.81. The zero-order valence-electron chi connectivity index (χ0n) is 16.6. The summed E-state index contributed by atoms with van der Waals surface area (Å²) in [7, 11) is 0. The number of rotatable bonds is 3. The highest BCUT2D eigenvalue weighted by atomic mass is 16.2. The molecule has 5 nitrogen and oxygen atoms in total. The van der Waals surface area contributed by atoms with Crippen molar-refractivity contribution in [3.8, 4) is 0 Å². The molecule has 0 unspecified atom stereocenters. The first-order chi connectivity index (χ1) is 13.9. The van der Waals surface area contributed by atoms with Crippen molar-refractivity contribution < 1.29 is 14.4 Å². The minimum absolute atomic E-state index is 0.0841. The van der Waals surface area contributed by atoms with Crippen molar-refractivity contribution in [2.45, 2.75) is 33.1 Å². The number of amides is 3. The molecule has 2 aliphatic carbocycles. The molecule has 3 fully saturated rings. The van der Waals surface area contributed by atoms with E-state index in [0.29, 0.717) is 23.1 Å². The van der Waals surface area contributed by atoms with Crippen LogP contribution in [0.2, 0.25) is 0 Å². The van der Waals surface area contributed by atoms with Crippen molar-refractivity contribution in [2.24, 2.45) is 23.7 Å². The standard InChI is InChI=1S/C24H24N2O3/c1-13-6-9-19(14(2)10-13)25-22(27)17-4-3-5-18(12-17)26-23(28)20-15-7-8-16(11-15)21(20)24(26)29/h3-6,9-10,12,15-16,20-21H,7-8,11H2,1-2H3,(H,25,27)/t15-,16+,20-,21-/m0/s1. The zero-order chi connectivity index (χ0) is 20.3. The molecule has 5 rings (SSSR count). The van der Waals surface area contributed by atoms with E-state index >= 15 is 0 Å². The Morgan fingerprint density at radius 3 is 2.31 bits per heavy atom. The molecule has 0 aromatic heterocycles. The first-order valence-electron chi connectivity index (χ1n) is 10.3. The van der Waals surface area contributed by atoms with E-state index in [4.69, 9.17) is 0 Å². The molecule has 4 atom stereocenters. The molecule has 2 aromatic carbocycles. The Balaban J connectivity index is 1.41. The Labute approximate surface area is 170 Å². The Hall–Kier alpha value is -2.95. The summed E-state index contributed by atoms with van der Waals surface area (Å²) in [5.41, 5.74) is 3.81. The van der Waals surface area contributed by atoms with Gasteiger partial charge in [0.15, 0.2) is 0 Å². The minimum Gasteiger partial charge on any atom is -0.322 e. The molecule has 2 bridgehead atoms. The maximum Gasteiger partial charge on any atom is 0.255 e. The van der Waals surface area contributed by atoms with E-state index < -0.39 is 0 Å². The van der Waals surface area contributed by atoms with Gasteiger partial charge >= 0.3 is 0 Å². The zero-order valence-corrected chi connectivity index (χ0v) is 16.6. The Kier molecular flexibility index (Phi) is 4.09. The molecule has 0 radical (unpaired) electrons. The van der Waals surface area contributed by atoms with E-state index in [1.54, 1.807) is 24.3 Å². The number of nitrogens with one attached hydrogen (secondary N) is 1. The summed E-state index contributed by atoms with van der Waals surface area (Å²) >= 11 is 0. The monoisotopic (exact) mass is 388 g/mol. The summed E-state index contributed by atoms with van der Waals surface area (Å²) in [5, 5.41) is 2.93. The minimum atomic E-state index is -0.252. The summed E-state index contributed by atoms with van der Waals surface area (Å²) in [6, 6.07) is 12.7. The molecule has 1 aliphatic heterocycles. The molecule has 5 heteroatoms. The summed E-state index contributed by atoms with van der Waals surface area (Å²) < 4.78 is 0. The molecule has 2 saturated carbocycles. The third kappa shape index (κ3) is 2.79. The van der Waals surface area contributed by atoms with Crippen LogP contribution in [-0.4, -0.2) is 17.7 Å². The van der Waals surface area contributed by atoms with Gasteiger partial charge in [-0.2, -0.15) is 0 Å². The van der Waals surface area contributed by atoms with Crippen LogP contribution in [0.4, 0.5) is 11.4 Å². The highest BCUT2D eigenvalue weighted by molar-refractivity contribution is 6.23. The van der Waals surface area contributed by atoms with Crippen LogP contribution in [0.3, 0.4) is 0 Å². The molecule has 29 heavy (non-hydrogen) atoms. The second kappa shape index (κ2) is 6.55. The van der Waals surface area contributed by atoms with Gasteiger partial charge in [-0.25, -0.2) is 0 Å². The number of imide groups is 1. The SMILES string of the molecule is Cc1ccc(NC(=O)c2cccc(N3C(=O)[C@H]4[C@@H]5CC[C@@H](C5)[C@@H]4C3=O)c2)c(C)c1. The summed E-state index contributed by atoms with van der Waals surface area (Å²) in [4.78, 5) is 40.2. The average molecular weight is 388 g/mol. The molecular weight excluding hydrogens is 364 g/mol. The number of hydrogen-bond acceptors (Lipinski definition) is 3. The maximum atomic E-state index is 13.0. The molecule has 2 aromatic rings. The van der Waals surface area contributed by atoms with E-state index in [0.717, 1.165) is 36.1 Å². The van der Waals surface area contributed by atoms with Crippen molar-refractivity contribution in [3.05, 3.63) is 59.2 Å². The van der Waals surface area contributed by atoms with Crippen molar-refractivity contribution >= 4 is 29.1 Å². The van der Waals surface area contributed by atoms with E-state index in [-0.39, 0.29) is 29.6 Å². The van der Waals surface area contributed by atoms with Gasteiger partial charge < -0.3 is 5.32 Å². The van der Waals surface area contributed by atoms with Crippen LogP contribution in [0.1, 0.15) is 40.7 Å². The third-order valence-corrected chi connectivity index (χ3v) is 6.92. The number of anilines is 2. The first-order valence-corrected chi connectivity index (χ1v) is 10.3. The van der Waals surface area contributed by atoms with Crippen molar-refractivity contribution in [1.82, 2.24) is 0 Å². The van der Waals surface area contributed by atoms with Gasteiger partial charge in [0.1, 0.15) is 0 Å². The average Bonchev–Trinajstić information content (AvgIpc) is 3.38. The topological polar surface area (TPSA) is 66.5 Å². The highest BCUT2D eigenvalue weighted by Crippen LogP contribution is 2.56. The number of nitrogens with zero attached hydrogens (tertiary/aromatic N) is 1. The molecule has 3 amide bonds. The largest absolute Gasteiger partial charge is 0.322 e. The van der Waals surface area contributed by atoms with Crippen LogP contribution in [-0.2, 0) is 9.59 Å². The van der Waals surface area contributed by atoms with Crippen LogP contribution in [0.25, 0.3) is 0 Å². The van der Waals surface area contributed by atoms with Gasteiger partial charge in [0.2, 0.25) is 11.8 Å². The third-order valence-electron chi connectivity index (χ3n) is 6.92. The summed E-state index contributed by atoms with van der Waals surface area (Å²) in [6.45, 7) is 3.96. The molecule has 1 saturated heterocycles. The Morgan fingerprint density at radius 1 is 0.966 bits per heavy atom. The number of carbonyl (C=O) groups excluding carboxylic acids is 3. The van der Waals surface area contributed by atoms with Crippen molar-refractivity contribution in [1.29, 1.82) is 0 Å². The van der Waals surface area contributed by atoms with E-state index in [1.807, 2.05) is 32.0 Å². The van der Waals surface area contributed by atoms with Crippen LogP contribution >= 0.6 is 0 Å². The molecule has 1 heterocycles. The fraction of sp³-hybridized carbons (Fsp3) is 0.375. The Bertz CT molecular complexity index is 1020. The van der Waals surface area contributed by atoms with Gasteiger partial charge in [0.05, 0.1) is 17.5 Å². The molecule has 0 spiro atoms. The Morgan fingerprint density at radius 2 is 1.66 bits per heavy atom. The second-order valence-electron chi connectivity index (χ2n) is 8.72. The van der Waals surface area contributed by atoms with Crippen LogP contribution < -0.4 is 10.2 Å². The van der Waals surface area contributed by atoms with Gasteiger partial charge in [-0.3, -0.25) is 19.3 Å². The van der Waals surface area contributed by atoms with Gasteiger partial charge in [-0.05, 0) is 74.8 Å². The quantitative estimate of drug-likeness (QED) is 0.806. The van der Waals surface area contributed by atoms with Crippen LogP contribution in [0.5, 0.6) is 0 Å². The smallest absolute Gasteiger partial charge is 0.255 e. The normalized spacial score (nSPS) is 27.4. The number of benzene rings is 2. The first kappa shape index (κ1) is 18.1. The number of hydrogen-bond donors (Lipinski definition) is 1.